The van der Waals surface area contributed by atoms with Crippen molar-refractivity contribution in [1.82, 2.24) is 0 Å². The van der Waals surface area contributed by atoms with Crippen LogP contribution in [0.25, 0.3) is 0 Å². The highest BCUT2D eigenvalue weighted by Gasteiger charge is 2.55. The lowest BCUT2D eigenvalue weighted by Crippen LogP contribution is -2.63. The van der Waals surface area contributed by atoms with E-state index in [1.165, 1.54) is 22.3 Å². The zero-order valence-corrected chi connectivity index (χ0v) is 26.7. The van der Waals surface area contributed by atoms with Crippen molar-refractivity contribution < 1.29 is 27.9 Å². The molecule has 0 saturated carbocycles. The van der Waals surface area contributed by atoms with Crippen LogP contribution in [0, 0.1) is 33.1 Å². The lowest BCUT2D eigenvalue weighted by Gasteiger charge is -2.57. The number of rotatable bonds is 0. The third-order valence-corrected chi connectivity index (χ3v) is 9.45. The van der Waals surface area contributed by atoms with Crippen molar-refractivity contribution in [3.63, 3.8) is 0 Å². The molecule has 208 valence electrons. The topological polar surface area (TPSA) is 55.4 Å². The van der Waals surface area contributed by atoms with Crippen LogP contribution in [0.1, 0.15) is 91.5 Å². The van der Waals surface area contributed by atoms with Gasteiger partial charge in [-0.1, -0.05) is 13.8 Å². The van der Waals surface area contributed by atoms with Crippen LogP contribution >= 0.6 is 0 Å². The Morgan fingerprint density at radius 1 is 0.405 bits per heavy atom. The van der Waals surface area contributed by atoms with Crippen LogP contribution in [0.5, 0.6) is 11.5 Å². The minimum absolute atomic E-state index is 0.00646. The van der Waals surface area contributed by atoms with Crippen molar-refractivity contribution in [3.05, 3.63) is 22.3 Å². The SMILES string of the molecule is CB1OC(C)(C)C(C)(C)C(C)(C)O1.CB1OC(C)(C)C(C)(C)O1.CB1Oc2c(C)c(C)c(C)c(C)c2O1. The molecule has 2 saturated heterocycles. The number of benzene rings is 1. The van der Waals surface area contributed by atoms with E-state index < -0.39 is 0 Å². The summed E-state index contributed by atoms with van der Waals surface area (Å²) in [6.07, 6.45) is 0. The smallest absolute Gasteiger partial charge is 0.523 e. The van der Waals surface area contributed by atoms with E-state index in [-0.39, 0.29) is 49.2 Å². The van der Waals surface area contributed by atoms with Crippen molar-refractivity contribution in [1.29, 1.82) is 0 Å². The van der Waals surface area contributed by atoms with Crippen molar-refractivity contribution in [2.75, 3.05) is 0 Å². The summed E-state index contributed by atoms with van der Waals surface area (Å²) < 4.78 is 34.0. The average molecular weight is 516 g/mol. The van der Waals surface area contributed by atoms with Crippen LogP contribution in [0.2, 0.25) is 20.5 Å². The fraction of sp³-hybridized carbons (Fsp3) is 0.786. The molecule has 0 bridgehead atoms. The van der Waals surface area contributed by atoms with Gasteiger partial charge in [-0.2, -0.15) is 0 Å². The fourth-order valence-electron chi connectivity index (χ4n) is 4.89. The van der Waals surface area contributed by atoms with Crippen molar-refractivity contribution in [2.45, 2.75) is 140 Å². The first-order valence-electron chi connectivity index (χ1n) is 13.6. The predicted molar refractivity (Wildman–Crippen MR) is 156 cm³/mol. The highest BCUT2D eigenvalue weighted by Crippen LogP contribution is 2.48. The van der Waals surface area contributed by atoms with Crippen LogP contribution in [0.15, 0.2) is 0 Å². The Morgan fingerprint density at radius 3 is 0.946 bits per heavy atom. The van der Waals surface area contributed by atoms with Gasteiger partial charge in [-0.05, 0) is 126 Å². The van der Waals surface area contributed by atoms with Gasteiger partial charge in [0.25, 0.3) is 0 Å². The standard InChI is InChI=1S/C11H15BO2.C10H21BO2.C7H15BO2/c1-6-7(2)9(4)11-10(8(6)3)13-12(5)14-11;1-8(2)9(3,4)12-11(7)13-10(8,5)6;1-6(2)7(3,4)10-8(5)9-6/h1-5H3;1-7H3;1-5H3. The Balaban J connectivity index is 0.000000198. The van der Waals surface area contributed by atoms with Gasteiger partial charge >= 0.3 is 21.4 Å². The minimum Gasteiger partial charge on any atom is -0.523 e. The molecule has 0 aromatic heterocycles. The molecule has 0 radical (unpaired) electrons. The summed E-state index contributed by atoms with van der Waals surface area (Å²) in [7, 11) is -0.327. The number of hydrogen-bond acceptors (Lipinski definition) is 6. The van der Waals surface area contributed by atoms with E-state index in [0.29, 0.717) is 0 Å². The quantitative estimate of drug-likeness (QED) is 0.339. The zero-order chi connectivity index (χ0) is 28.9. The van der Waals surface area contributed by atoms with Crippen LogP contribution in [0.4, 0.5) is 0 Å². The lowest BCUT2D eigenvalue weighted by molar-refractivity contribution is -0.181. The molecule has 4 rings (SSSR count). The molecule has 3 aliphatic heterocycles. The molecule has 1 aromatic carbocycles. The van der Waals surface area contributed by atoms with Gasteiger partial charge in [-0.25, -0.2) is 0 Å². The Morgan fingerprint density at radius 2 is 0.676 bits per heavy atom. The number of hydrogen-bond donors (Lipinski definition) is 0. The second-order valence-corrected chi connectivity index (χ2v) is 13.2. The molecule has 0 unspecified atom stereocenters. The summed E-state index contributed by atoms with van der Waals surface area (Å²) in [6.45, 7) is 35.4. The first kappa shape index (κ1) is 32.1. The summed E-state index contributed by atoms with van der Waals surface area (Å²) in [5, 5.41) is 0. The molecule has 0 spiro atoms. The molecule has 9 heteroatoms. The molecule has 3 aliphatic rings. The highest BCUT2D eigenvalue weighted by molar-refractivity contribution is 6.46. The van der Waals surface area contributed by atoms with Crippen molar-refractivity contribution in [3.8, 4) is 11.5 Å². The summed E-state index contributed by atoms with van der Waals surface area (Å²) in [6, 6.07) is 0. The van der Waals surface area contributed by atoms with E-state index in [4.69, 9.17) is 27.9 Å². The summed E-state index contributed by atoms with van der Waals surface area (Å²) in [5.74, 6) is 1.86. The normalized spacial score (nSPS) is 23.6. The van der Waals surface area contributed by atoms with Gasteiger partial charge in [0.2, 0.25) is 0 Å². The maximum absolute atomic E-state index is 5.80. The zero-order valence-electron chi connectivity index (χ0n) is 26.7. The van der Waals surface area contributed by atoms with Gasteiger partial charge in [0.05, 0.1) is 22.4 Å². The molecule has 0 atom stereocenters. The maximum atomic E-state index is 5.80. The second kappa shape index (κ2) is 10.4. The molecular weight excluding hydrogens is 465 g/mol. The Bertz CT molecular complexity index is 914. The first-order valence-corrected chi connectivity index (χ1v) is 13.6. The maximum Gasteiger partial charge on any atom is 0.591 e. The largest absolute Gasteiger partial charge is 0.591 e. The van der Waals surface area contributed by atoms with E-state index in [1.807, 2.05) is 20.5 Å². The fourth-order valence-corrected chi connectivity index (χ4v) is 4.89. The van der Waals surface area contributed by atoms with Gasteiger partial charge in [0.1, 0.15) is 11.5 Å². The molecule has 2 fully saturated rings. The van der Waals surface area contributed by atoms with E-state index in [0.717, 1.165) is 11.5 Å². The van der Waals surface area contributed by atoms with E-state index in [2.05, 4.69) is 96.9 Å². The second-order valence-electron chi connectivity index (χ2n) is 13.2. The van der Waals surface area contributed by atoms with Gasteiger partial charge in [-0.15, -0.1) is 0 Å². The van der Waals surface area contributed by atoms with Crippen molar-refractivity contribution >= 4 is 21.4 Å². The first-order chi connectivity index (χ1) is 16.5. The van der Waals surface area contributed by atoms with E-state index >= 15 is 0 Å². The summed E-state index contributed by atoms with van der Waals surface area (Å²) in [5.41, 5.74) is 4.41. The lowest BCUT2D eigenvalue weighted by atomic mass is 9.62. The highest BCUT2D eigenvalue weighted by atomic mass is 16.7. The van der Waals surface area contributed by atoms with Crippen molar-refractivity contribution in [2.24, 2.45) is 5.41 Å². The molecule has 0 aliphatic carbocycles. The number of fused-ring (bicyclic) bond motifs is 1. The van der Waals surface area contributed by atoms with Crippen LogP contribution in [-0.4, -0.2) is 43.8 Å². The van der Waals surface area contributed by atoms with Gasteiger partial charge in [0.15, 0.2) is 0 Å². The molecule has 1 aromatic rings. The Kier molecular flexibility index (Phi) is 9.05. The third-order valence-electron chi connectivity index (χ3n) is 9.45. The Hall–Kier alpha value is -1.15. The van der Waals surface area contributed by atoms with Crippen LogP contribution in [-0.2, 0) is 18.6 Å². The monoisotopic (exact) mass is 516 g/mol. The third kappa shape index (κ3) is 6.21. The molecule has 0 amide bonds. The van der Waals surface area contributed by atoms with Crippen LogP contribution < -0.4 is 9.31 Å². The minimum atomic E-state index is -0.160. The Labute approximate surface area is 228 Å². The van der Waals surface area contributed by atoms with Gasteiger partial charge in [-0.3, -0.25) is 0 Å². The van der Waals surface area contributed by atoms with Crippen LogP contribution in [0.3, 0.4) is 0 Å². The molecule has 0 N–H and O–H groups in total. The predicted octanol–water partition coefficient (Wildman–Crippen LogP) is 7.25. The molecule has 3 heterocycles. The summed E-state index contributed by atoms with van der Waals surface area (Å²) >= 11 is 0. The molecule has 37 heavy (non-hydrogen) atoms. The molecule has 6 nitrogen and oxygen atoms in total. The average Bonchev–Trinajstić information content (AvgIpc) is 3.18. The van der Waals surface area contributed by atoms with Gasteiger partial charge < -0.3 is 27.9 Å². The summed E-state index contributed by atoms with van der Waals surface area (Å²) in [4.78, 5) is 0. The van der Waals surface area contributed by atoms with E-state index in [9.17, 15) is 0 Å². The van der Waals surface area contributed by atoms with E-state index in [1.54, 1.807) is 0 Å². The molecular formula is C28H51B3O6. The van der Waals surface area contributed by atoms with Gasteiger partial charge in [0, 0.05) is 5.41 Å².